The normalized spacial score (nSPS) is 22.4. The van der Waals surface area contributed by atoms with Gasteiger partial charge in [0.2, 0.25) is 5.91 Å². The quantitative estimate of drug-likeness (QED) is 0.772. The highest BCUT2D eigenvalue weighted by Crippen LogP contribution is 2.35. The van der Waals surface area contributed by atoms with Crippen molar-refractivity contribution in [2.45, 2.75) is 76.9 Å². The second kappa shape index (κ2) is 8.15. The molecule has 2 aromatic rings. The molecule has 2 aliphatic rings. The van der Waals surface area contributed by atoms with Gasteiger partial charge in [0.1, 0.15) is 11.6 Å². The van der Waals surface area contributed by atoms with Gasteiger partial charge in [0.05, 0.1) is 19.3 Å². The molecule has 2 aromatic carbocycles. The van der Waals surface area contributed by atoms with Crippen molar-refractivity contribution < 1.29 is 19.1 Å². The average molecular weight is 425 g/mol. The molecule has 1 aliphatic carbocycles. The Morgan fingerprint density at radius 3 is 2.55 bits per heavy atom. The molecule has 0 aromatic heterocycles. The lowest BCUT2D eigenvalue weighted by Gasteiger charge is -2.28. The average Bonchev–Trinajstić information content (AvgIpc) is 3.26. The number of carbonyl (C=O) groups excluding carboxylic acids is 2. The monoisotopic (exact) mass is 424 g/mol. The zero-order valence-electron chi connectivity index (χ0n) is 18.8. The fraction of sp³-hybridized carbons (Fsp3) is 0.520. The van der Waals surface area contributed by atoms with E-state index in [-0.39, 0.29) is 17.6 Å². The second-order valence-corrected chi connectivity index (χ2v) is 10.0. The molecule has 2 amide bonds. The summed E-state index contributed by atoms with van der Waals surface area (Å²) in [4.78, 5) is 27.3. The number of rotatable bonds is 5. The molecule has 0 radical (unpaired) electrons. The molecule has 2 atom stereocenters. The third kappa shape index (κ3) is 5.18. The topological polar surface area (TPSA) is 67.9 Å². The summed E-state index contributed by atoms with van der Waals surface area (Å²) in [5, 5.41) is 5.42. The van der Waals surface area contributed by atoms with E-state index >= 15 is 0 Å². The van der Waals surface area contributed by atoms with Crippen LogP contribution in [0.5, 0.6) is 0 Å². The maximum Gasteiger partial charge on any atom is 0.411 e. The minimum absolute atomic E-state index is 0.123. The summed E-state index contributed by atoms with van der Waals surface area (Å²) in [7, 11) is 0. The van der Waals surface area contributed by atoms with Gasteiger partial charge in [0.15, 0.2) is 0 Å². The van der Waals surface area contributed by atoms with Crippen LogP contribution >= 0.6 is 0 Å². The number of likely N-dealkylation sites (tertiary alicyclic amines) is 1. The van der Waals surface area contributed by atoms with Crippen molar-refractivity contribution in [1.29, 1.82) is 0 Å². The molecule has 1 N–H and O–H groups in total. The Morgan fingerprint density at radius 2 is 1.84 bits per heavy atom. The molecule has 31 heavy (non-hydrogen) atoms. The van der Waals surface area contributed by atoms with Gasteiger partial charge < -0.3 is 14.8 Å². The van der Waals surface area contributed by atoms with Gasteiger partial charge in [0, 0.05) is 12.0 Å². The van der Waals surface area contributed by atoms with Crippen LogP contribution in [0.3, 0.4) is 0 Å². The lowest BCUT2D eigenvalue weighted by atomic mass is 10.1. The number of benzene rings is 2. The Bertz CT molecular complexity index is 944. The molecule has 1 saturated carbocycles. The Hall–Kier alpha value is -2.60. The summed E-state index contributed by atoms with van der Waals surface area (Å²) in [5.74, 6) is -0.123. The molecule has 1 saturated heterocycles. The standard InChI is InChI=1S/C25H32N2O4/c1-24(2,3)31-23(29)27-15-19(14-21(27)22(28)26-25(4)12-13-25)30-16-18-10-7-9-17-8-5-6-11-20(17)18/h5-11,19,21H,12-16H2,1-4H3,(H,26,28). The summed E-state index contributed by atoms with van der Waals surface area (Å²) in [6, 6.07) is 13.8. The number of hydrogen-bond acceptors (Lipinski definition) is 4. The molecule has 1 aliphatic heterocycles. The lowest BCUT2D eigenvalue weighted by molar-refractivity contribution is -0.126. The van der Waals surface area contributed by atoms with E-state index in [1.807, 2.05) is 45.9 Å². The third-order valence-electron chi connectivity index (χ3n) is 5.97. The Labute approximate surface area is 183 Å². The van der Waals surface area contributed by atoms with E-state index in [9.17, 15) is 9.59 Å². The first-order valence-electron chi connectivity index (χ1n) is 11.0. The Kier molecular flexibility index (Phi) is 5.69. The third-order valence-corrected chi connectivity index (χ3v) is 5.97. The smallest absolute Gasteiger partial charge is 0.411 e. The van der Waals surface area contributed by atoms with Crippen LogP contribution in [0.25, 0.3) is 10.8 Å². The zero-order chi connectivity index (χ0) is 22.2. The van der Waals surface area contributed by atoms with Gasteiger partial charge in [-0.1, -0.05) is 42.5 Å². The molecule has 166 valence electrons. The highest BCUT2D eigenvalue weighted by molar-refractivity contribution is 5.87. The van der Waals surface area contributed by atoms with Crippen molar-refractivity contribution in [2.24, 2.45) is 0 Å². The number of amides is 2. The number of nitrogens with one attached hydrogen (secondary N) is 1. The molecule has 2 unspecified atom stereocenters. The van der Waals surface area contributed by atoms with Gasteiger partial charge in [0.25, 0.3) is 0 Å². The van der Waals surface area contributed by atoms with Gasteiger partial charge in [-0.15, -0.1) is 0 Å². The van der Waals surface area contributed by atoms with Gasteiger partial charge in [-0.2, -0.15) is 0 Å². The van der Waals surface area contributed by atoms with E-state index in [4.69, 9.17) is 9.47 Å². The minimum atomic E-state index is -0.623. The predicted molar refractivity (Wildman–Crippen MR) is 120 cm³/mol. The van der Waals surface area contributed by atoms with Crippen LogP contribution in [0, 0.1) is 0 Å². The van der Waals surface area contributed by atoms with Gasteiger partial charge in [-0.25, -0.2) is 4.79 Å². The van der Waals surface area contributed by atoms with E-state index in [1.165, 1.54) is 10.3 Å². The van der Waals surface area contributed by atoms with Crippen molar-refractivity contribution in [2.75, 3.05) is 6.54 Å². The first kappa shape index (κ1) is 21.6. The van der Waals surface area contributed by atoms with E-state index < -0.39 is 17.7 Å². The molecular formula is C25H32N2O4. The summed E-state index contributed by atoms with van der Waals surface area (Å²) in [6.07, 6.45) is 1.71. The van der Waals surface area contributed by atoms with E-state index in [0.29, 0.717) is 19.6 Å². The minimum Gasteiger partial charge on any atom is -0.444 e. The largest absolute Gasteiger partial charge is 0.444 e. The van der Waals surface area contributed by atoms with Gasteiger partial charge >= 0.3 is 6.09 Å². The first-order chi connectivity index (χ1) is 14.6. The first-order valence-corrected chi connectivity index (χ1v) is 11.0. The summed E-state index contributed by atoms with van der Waals surface area (Å²) in [5.41, 5.74) is 0.335. The van der Waals surface area contributed by atoms with Crippen LogP contribution in [-0.2, 0) is 20.9 Å². The molecule has 0 spiro atoms. The summed E-state index contributed by atoms with van der Waals surface area (Å²) >= 11 is 0. The lowest BCUT2D eigenvalue weighted by Crippen LogP contribution is -2.50. The summed E-state index contributed by atoms with van der Waals surface area (Å²) in [6.45, 7) is 8.29. The molecule has 2 fully saturated rings. The highest BCUT2D eigenvalue weighted by atomic mass is 16.6. The fourth-order valence-electron chi connectivity index (χ4n) is 4.01. The Morgan fingerprint density at radius 1 is 1.13 bits per heavy atom. The number of nitrogens with zero attached hydrogens (tertiary/aromatic N) is 1. The van der Waals surface area contributed by atoms with Crippen molar-refractivity contribution in [3.63, 3.8) is 0 Å². The Balaban J connectivity index is 1.46. The molecule has 0 bridgehead atoms. The van der Waals surface area contributed by atoms with Crippen molar-refractivity contribution in [1.82, 2.24) is 10.2 Å². The molecule has 6 nitrogen and oxygen atoms in total. The molecular weight excluding hydrogens is 392 g/mol. The molecule has 1 heterocycles. The van der Waals surface area contributed by atoms with Crippen molar-refractivity contribution >= 4 is 22.8 Å². The maximum atomic E-state index is 13.0. The van der Waals surface area contributed by atoms with Crippen LogP contribution < -0.4 is 5.32 Å². The highest BCUT2D eigenvalue weighted by Gasteiger charge is 2.46. The van der Waals surface area contributed by atoms with Crippen molar-refractivity contribution in [3.05, 3.63) is 48.0 Å². The van der Waals surface area contributed by atoms with Crippen LogP contribution in [0.4, 0.5) is 4.79 Å². The summed E-state index contributed by atoms with van der Waals surface area (Å²) < 4.78 is 11.8. The van der Waals surface area contributed by atoms with Gasteiger partial charge in [-0.05, 0) is 56.9 Å². The number of carbonyl (C=O) groups is 2. The molecule has 4 rings (SSSR count). The van der Waals surface area contributed by atoms with E-state index in [1.54, 1.807) is 0 Å². The number of ether oxygens (including phenoxy) is 2. The molecule has 6 heteroatoms. The van der Waals surface area contributed by atoms with E-state index in [2.05, 4.69) is 29.6 Å². The van der Waals surface area contributed by atoms with Crippen molar-refractivity contribution in [3.8, 4) is 0 Å². The van der Waals surface area contributed by atoms with Gasteiger partial charge in [-0.3, -0.25) is 9.69 Å². The maximum absolute atomic E-state index is 13.0. The van der Waals surface area contributed by atoms with Crippen LogP contribution in [0.1, 0.15) is 52.5 Å². The van der Waals surface area contributed by atoms with Crippen LogP contribution in [0.15, 0.2) is 42.5 Å². The zero-order valence-corrected chi connectivity index (χ0v) is 18.8. The second-order valence-electron chi connectivity index (χ2n) is 10.0. The number of fused-ring (bicyclic) bond motifs is 1. The fourth-order valence-corrected chi connectivity index (χ4v) is 4.01. The van der Waals surface area contributed by atoms with Crippen LogP contribution in [0.2, 0.25) is 0 Å². The SMILES string of the molecule is CC1(NC(=O)C2CC(OCc3cccc4ccccc34)CN2C(=O)OC(C)(C)C)CC1. The van der Waals surface area contributed by atoms with E-state index in [0.717, 1.165) is 23.8 Å². The van der Waals surface area contributed by atoms with Crippen LogP contribution in [-0.4, -0.2) is 46.7 Å². The predicted octanol–water partition coefficient (Wildman–Crippen LogP) is 4.40. The number of hydrogen-bond donors (Lipinski definition) is 1.